The highest BCUT2D eigenvalue weighted by Gasteiger charge is 2.26. The van der Waals surface area contributed by atoms with E-state index < -0.39 is 28.6 Å². The van der Waals surface area contributed by atoms with Crippen LogP contribution in [0.3, 0.4) is 0 Å². The highest BCUT2D eigenvalue weighted by atomic mass is 32.2. The molecule has 0 aliphatic rings. The number of aliphatic hydroxyl groups excluding tert-OH is 1. The molecule has 6 nitrogen and oxygen atoms in total. The molecule has 0 aliphatic heterocycles. The maximum Gasteiger partial charge on any atom is 0.326 e. The van der Waals surface area contributed by atoms with E-state index in [0.717, 1.165) is 23.3 Å². The fraction of sp³-hybridized carbons (Fsp3) is 0.444. The summed E-state index contributed by atoms with van der Waals surface area (Å²) in [5, 5.41) is 8.92. The van der Waals surface area contributed by atoms with Gasteiger partial charge in [0.05, 0.1) is 13.7 Å². The molecule has 8 heteroatoms. The summed E-state index contributed by atoms with van der Waals surface area (Å²) in [5.74, 6) is -0.829. The Labute approximate surface area is 103 Å². The van der Waals surface area contributed by atoms with Gasteiger partial charge in [-0.1, -0.05) is 0 Å². The third kappa shape index (κ3) is 3.50. The summed E-state index contributed by atoms with van der Waals surface area (Å²) in [5.41, 5.74) is 0. The normalized spacial score (nSPS) is 13.4. The summed E-state index contributed by atoms with van der Waals surface area (Å²) in [7, 11) is -2.68. The molecule has 2 N–H and O–H groups in total. The molecule has 0 fully saturated rings. The van der Waals surface area contributed by atoms with Crippen LogP contribution >= 0.6 is 11.3 Å². The summed E-state index contributed by atoms with van der Waals surface area (Å²) in [6.45, 7) is 1.11. The van der Waals surface area contributed by atoms with Crippen molar-refractivity contribution in [2.75, 3.05) is 13.7 Å². The van der Waals surface area contributed by atoms with Crippen LogP contribution in [0.2, 0.25) is 0 Å². The standard InChI is InChI=1S/C9H13NO5S2/c1-6-3-4-8(16-6)17(13,14)10-7(5-11)9(12)15-2/h3-4,7,10-11H,5H2,1-2H3. The molecule has 1 unspecified atom stereocenters. The van der Waals surface area contributed by atoms with E-state index in [-0.39, 0.29) is 4.21 Å². The van der Waals surface area contributed by atoms with Crippen LogP contribution < -0.4 is 4.72 Å². The van der Waals surface area contributed by atoms with Crippen LogP contribution in [0.4, 0.5) is 0 Å². The Morgan fingerprint density at radius 3 is 2.65 bits per heavy atom. The molecular weight excluding hydrogens is 266 g/mol. The molecule has 0 saturated heterocycles. The van der Waals surface area contributed by atoms with Crippen LogP contribution in [0, 0.1) is 6.92 Å². The molecule has 1 rings (SSSR count). The van der Waals surface area contributed by atoms with Gasteiger partial charge < -0.3 is 9.84 Å². The number of carbonyl (C=O) groups excluding carboxylic acids is 1. The van der Waals surface area contributed by atoms with Crippen molar-refractivity contribution in [3.8, 4) is 0 Å². The SMILES string of the molecule is COC(=O)C(CO)NS(=O)(=O)c1ccc(C)s1. The lowest BCUT2D eigenvalue weighted by molar-refractivity contribution is -0.143. The predicted octanol–water partition coefficient (Wildman–Crippen LogP) is -0.131. The summed E-state index contributed by atoms with van der Waals surface area (Å²) in [4.78, 5) is 12.0. The van der Waals surface area contributed by atoms with Crippen molar-refractivity contribution < 1.29 is 23.1 Å². The highest BCUT2D eigenvalue weighted by Crippen LogP contribution is 2.20. The lowest BCUT2D eigenvalue weighted by Crippen LogP contribution is -2.43. The van der Waals surface area contributed by atoms with E-state index in [1.807, 2.05) is 0 Å². The molecule has 17 heavy (non-hydrogen) atoms. The minimum absolute atomic E-state index is 0.0948. The van der Waals surface area contributed by atoms with Crippen LogP contribution in [0.15, 0.2) is 16.3 Å². The quantitative estimate of drug-likeness (QED) is 0.732. The first-order chi connectivity index (χ1) is 7.90. The van der Waals surface area contributed by atoms with Gasteiger partial charge in [-0.3, -0.25) is 4.79 Å². The minimum Gasteiger partial charge on any atom is -0.468 e. The Morgan fingerprint density at radius 2 is 2.24 bits per heavy atom. The molecule has 0 spiro atoms. The summed E-state index contributed by atoms with van der Waals surface area (Å²) >= 11 is 1.08. The molecule has 0 aromatic carbocycles. The zero-order valence-electron chi connectivity index (χ0n) is 9.34. The van der Waals surface area contributed by atoms with Crippen molar-refractivity contribution in [1.29, 1.82) is 0 Å². The topological polar surface area (TPSA) is 92.7 Å². The maximum atomic E-state index is 11.8. The third-order valence-electron chi connectivity index (χ3n) is 1.95. The molecular formula is C9H13NO5S2. The Balaban J connectivity index is 2.89. The molecule has 1 aromatic rings. The molecule has 96 valence electrons. The number of hydrogen-bond acceptors (Lipinski definition) is 6. The van der Waals surface area contributed by atoms with E-state index in [2.05, 4.69) is 9.46 Å². The van der Waals surface area contributed by atoms with Gasteiger partial charge in [0, 0.05) is 4.88 Å². The minimum atomic E-state index is -3.80. The van der Waals surface area contributed by atoms with Crippen molar-refractivity contribution in [2.24, 2.45) is 0 Å². The van der Waals surface area contributed by atoms with Crippen molar-refractivity contribution in [2.45, 2.75) is 17.2 Å². The first-order valence-corrected chi connectivity index (χ1v) is 6.98. The average Bonchev–Trinajstić information content (AvgIpc) is 2.72. The van der Waals surface area contributed by atoms with Crippen molar-refractivity contribution in [3.63, 3.8) is 0 Å². The number of esters is 1. The van der Waals surface area contributed by atoms with Gasteiger partial charge in [0.15, 0.2) is 0 Å². The number of thiophene rings is 1. The average molecular weight is 279 g/mol. The van der Waals surface area contributed by atoms with E-state index in [0.29, 0.717) is 0 Å². The van der Waals surface area contributed by atoms with Crippen LogP contribution in [0.5, 0.6) is 0 Å². The third-order valence-corrected chi connectivity index (χ3v) is 4.91. The van der Waals surface area contributed by atoms with E-state index in [9.17, 15) is 13.2 Å². The van der Waals surface area contributed by atoms with Crippen molar-refractivity contribution in [3.05, 3.63) is 17.0 Å². The Kier molecular flexibility index (Phi) is 4.63. The molecule has 1 atom stereocenters. The fourth-order valence-electron chi connectivity index (χ4n) is 1.10. The molecule has 1 aromatic heterocycles. The number of rotatable bonds is 5. The molecule has 0 bridgehead atoms. The number of ether oxygens (including phenoxy) is 1. The van der Waals surface area contributed by atoms with Crippen LogP contribution in [0.1, 0.15) is 4.88 Å². The lowest BCUT2D eigenvalue weighted by atomic mass is 10.3. The number of methoxy groups -OCH3 is 1. The van der Waals surface area contributed by atoms with Gasteiger partial charge in [0.2, 0.25) is 0 Å². The van der Waals surface area contributed by atoms with Gasteiger partial charge in [0.1, 0.15) is 10.3 Å². The van der Waals surface area contributed by atoms with Gasteiger partial charge in [-0.2, -0.15) is 4.72 Å². The number of aliphatic hydroxyl groups is 1. The first kappa shape index (κ1) is 14.1. The highest BCUT2D eigenvalue weighted by molar-refractivity contribution is 7.91. The van der Waals surface area contributed by atoms with Crippen LogP contribution in [-0.4, -0.2) is 39.3 Å². The Morgan fingerprint density at radius 1 is 1.59 bits per heavy atom. The zero-order valence-corrected chi connectivity index (χ0v) is 11.0. The van der Waals surface area contributed by atoms with E-state index in [1.54, 1.807) is 13.0 Å². The first-order valence-electron chi connectivity index (χ1n) is 4.68. The summed E-state index contributed by atoms with van der Waals surface area (Å²) in [6.07, 6.45) is 0. The van der Waals surface area contributed by atoms with E-state index in [1.165, 1.54) is 6.07 Å². The zero-order chi connectivity index (χ0) is 13.1. The number of hydrogen-bond donors (Lipinski definition) is 2. The number of nitrogens with one attached hydrogen (secondary N) is 1. The molecule has 1 heterocycles. The molecule has 0 saturated carbocycles. The molecule has 0 amide bonds. The van der Waals surface area contributed by atoms with Gasteiger partial charge >= 0.3 is 5.97 Å². The van der Waals surface area contributed by atoms with Gasteiger partial charge in [-0.25, -0.2) is 8.42 Å². The van der Waals surface area contributed by atoms with Crippen molar-refractivity contribution >= 4 is 27.3 Å². The maximum absolute atomic E-state index is 11.8. The second-order valence-electron chi connectivity index (χ2n) is 3.24. The van der Waals surface area contributed by atoms with Gasteiger partial charge in [0.25, 0.3) is 10.0 Å². The van der Waals surface area contributed by atoms with Gasteiger partial charge in [-0.15, -0.1) is 11.3 Å². The predicted molar refractivity (Wildman–Crippen MR) is 62.3 cm³/mol. The fourth-order valence-corrected chi connectivity index (χ4v) is 3.58. The summed E-state index contributed by atoms with van der Waals surface area (Å²) in [6, 6.07) is 1.81. The van der Waals surface area contributed by atoms with Gasteiger partial charge in [-0.05, 0) is 19.1 Å². The van der Waals surface area contributed by atoms with Crippen LogP contribution in [-0.2, 0) is 19.6 Å². The van der Waals surface area contributed by atoms with E-state index in [4.69, 9.17) is 5.11 Å². The summed E-state index contributed by atoms with van der Waals surface area (Å²) < 4.78 is 30.2. The largest absolute Gasteiger partial charge is 0.468 e. The Hall–Kier alpha value is -0.960. The smallest absolute Gasteiger partial charge is 0.326 e. The Bertz CT molecular complexity index is 493. The van der Waals surface area contributed by atoms with E-state index >= 15 is 0 Å². The second kappa shape index (κ2) is 5.58. The molecule has 0 radical (unpaired) electrons. The number of carbonyl (C=O) groups is 1. The number of sulfonamides is 1. The lowest BCUT2D eigenvalue weighted by Gasteiger charge is -2.12. The number of aryl methyl sites for hydroxylation is 1. The second-order valence-corrected chi connectivity index (χ2v) is 6.47. The monoisotopic (exact) mass is 279 g/mol. The van der Waals surface area contributed by atoms with Crippen molar-refractivity contribution in [1.82, 2.24) is 4.72 Å². The van der Waals surface area contributed by atoms with Crippen LogP contribution in [0.25, 0.3) is 0 Å². The molecule has 0 aliphatic carbocycles.